The molecule has 1 fully saturated rings. The maximum Gasteiger partial charge on any atom is 0.124 e. The second-order valence-corrected chi connectivity index (χ2v) is 5.63. The summed E-state index contributed by atoms with van der Waals surface area (Å²) in [5.74, 6) is 1.18. The highest BCUT2D eigenvalue weighted by Gasteiger charge is 2.30. The van der Waals surface area contributed by atoms with Crippen molar-refractivity contribution in [3.63, 3.8) is 0 Å². The minimum absolute atomic E-state index is 0.00899. The fraction of sp³-hybridized carbons (Fsp3) is 0.571. The molecule has 0 aliphatic carbocycles. The zero-order valence-corrected chi connectivity index (χ0v) is 11.6. The Labute approximate surface area is 118 Å². The molecule has 2 aliphatic heterocycles. The highest BCUT2D eigenvalue weighted by Crippen LogP contribution is 2.35. The van der Waals surface area contributed by atoms with Gasteiger partial charge in [-0.25, -0.2) is 0 Å². The average Bonchev–Trinajstić information content (AvgIpc) is 2.44. The van der Waals surface area contributed by atoms with Crippen molar-refractivity contribution in [1.82, 2.24) is 4.90 Å². The Hall–Kier alpha value is -0.810. The Bertz CT molecular complexity index is 449. The summed E-state index contributed by atoms with van der Waals surface area (Å²) in [6, 6.07) is 5.66. The van der Waals surface area contributed by atoms with Crippen molar-refractivity contribution in [3.8, 4) is 5.75 Å². The number of halogens is 1. The van der Waals surface area contributed by atoms with Crippen LogP contribution < -0.4 is 10.5 Å². The van der Waals surface area contributed by atoms with Crippen molar-refractivity contribution in [2.75, 3.05) is 39.5 Å². The molecule has 0 saturated carbocycles. The Morgan fingerprint density at radius 2 is 2.11 bits per heavy atom. The predicted molar refractivity (Wildman–Crippen MR) is 74.6 cm³/mol. The topological polar surface area (TPSA) is 47.7 Å². The van der Waals surface area contributed by atoms with Crippen molar-refractivity contribution >= 4 is 11.6 Å². The fourth-order valence-electron chi connectivity index (χ4n) is 2.75. The first-order valence-electron chi connectivity index (χ1n) is 6.72. The van der Waals surface area contributed by atoms with Gasteiger partial charge in [-0.15, -0.1) is 0 Å². The summed E-state index contributed by atoms with van der Waals surface area (Å²) in [5.41, 5.74) is 7.41. The van der Waals surface area contributed by atoms with Gasteiger partial charge in [0.2, 0.25) is 0 Å². The highest BCUT2D eigenvalue weighted by molar-refractivity contribution is 6.30. The molecule has 19 heavy (non-hydrogen) atoms. The van der Waals surface area contributed by atoms with Gasteiger partial charge in [0.1, 0.15) is 5.75 Å². The van der Waals surface area contributed by atoms with Crippen LogP contribution in [-0.2, 0) is 4.74 Å². The number of nitrogens with two attached hydrogens (primary N) is 1. The van der Waals surface area contributed by atoms with E-state index in [-0.39, 0.29) is 6.04 Å². The Balaban J connectivity index is 1.71. The number of hydrogen-bond acceptors (Lipinski definition) is 4. The smallest absolute Gasteiger partial charge is 0.124 e. The van der Waals surface area contributed by atoms with E-state index in [0.717, 1.165) is 44.2 Å². The van der Waals surface area contributed by atoms with Crippen LogP contribution in [-0.4, -0.2) is 44.4 Å². The van der Waals surface area contributed by atoms with E-state index in [0.29, 0.717) is 17.5 Å². The minimum atomic E-state index is -0.00899. The molecule has 2 N–H and O–H groups in total. The molecule has 5 heteroatoms. The first-order valence-corrected chi connectivity index (χ1v) is 7.10. The lowest BCUT2D eigenvalue weighted by molar-refractivity contribution is 0.0218. The van der Waals surface area contributed by atoms with E-state index in [4.69, 9.17) is 26.8 Å². The Morgan fingerprint density at radius 1 is 1.32 bits per heavy atom. The molecule has 1 aromatic rings. The number of nitrogens with zero attached hydrogens (tertiary/aromatic N) is 1. The monoisotopic (exact) mass is 282 g/mol. The van der Waals surface area contributed by atoms with Gasteiger partial charge in [0, 0.05) is 42.2 Å². The van der Waals surface area contributed by atoms with Crippen LogP contribution in [0.2, 0.25) is 5.02 Å². The molecule has 1 saturated heterocycles. The van der Waals surface area contributed by atoms with Gasteiger partial charge in [0.05, 0.1) is 19.8 Å². The van der Waals surface area contributed by atoms with Crippen LogP contribution in [0, 0.1) is 5.92 Å². The number of benzene rings is 1. The van der Waals surface area contributed by atoms with E-state index in [1.807, 2.05) is 18.2 Å². The zero-order chi connectivity index (χ0) is 13.2. The molecule has 1 aromatic carbocycles. The molecule has 0 bridgehead atoms. The van der Waals surface area contributed by atoms with E-state index < -0.39 is 0 Å². The van der Waals surface area contributed by atoms with E-state index >= 15 is 0 Å². The first kappa shape index (κ1) is 13.2. The lowest BCUT2D eigenvalue weighted by Gasteiger charge is -2.36. The van der Waals surface area contributed by atoms with Crippen molar-refractivity contribution in [1.29, 1.82) is 0 Å². The van der Waals surface area contributed by atoms with Gasteiger partial charge in [0.25, 0.3) is 0 Å². The van der Waals surface area contributed by atoms with Crippen LogP contribution in [0.15, 0.2) is 18.2 Å². The summed E-state index contributed by atoms with van der Waals surface area (Å²) in [4.78, 5) is 2.40. The predicted octanol–water partition coefficient (Wildman–Crippen LogP) is 1.68. The SMILES string of the molecule is NC1c2cc(Cl)ccc2OCC1CN1CCOCC1. The highest BCUT2D eigenvalue weighted by atomic mass is 35.5. The van der Waals surface area contributed by atoms with Crippen LogP contribution in [0.4, 0.5) is 0 Å². The lowest BCUT2D eigenvalue weighted by Crippen LogP contribution is -2.44. The summed E-state index contributed by atoms with van der Waals surface area (Å²) in [5, 5.41) is 0.713. The molecule has 2 heterocycles. The fourth-order valence-corrected chi connectivity index (χ4v) is 2.93. The number of hydrogen-bond donors (Lipinski definition) is 1. The second kappa shape index (κ2) is 5.67. The van der Waals surface area contributed by atoms with Crippen molar-refractivity contribution in [2.24, 2.45) is 11.7 Å². The first-order chi connectivity index (χ1) is 9.24. The molecule has 0 spiro atoms. The normalized spacial score (nSPS) is 27.7. The van der Waals surface area contributed by atoms with E-state index in [9.17, 15) is 0 Å². The van der Waals surface area contributed by atoms with Gasteiger partial charge in [0.15, 0.2) is 0 Å². The van der Waals surface area contributed by atoms with Crippen LogP contribution >= 0.6 is 11.6 Å². The minimum Gasteiger partial charge on any atom is -0.493 e. The molecule has 0 amide bonds. The molecule has 4 nitrogen and oxygen atoms in total. The molecule has 0 aromatic heterocycles. The van der Waals surface area contributed by atoms with Gasteiger partial charge in [-0.05, 0) is 18.2 Å². The van der Waals surface area contributed by atoms with Crippen LogP contribution in [0.3, 0.4) is 0 Å². The van der Waals surface area contributed by atoms with Gasteiger partial charge in [-0.1, -0.05) is 11.6 Å². The largest absolute Gasteiger partial charge is 0.493 e. The summed E-state index contributed by atoms with van der Waals surface area (Å²) < 4.78 is 11.2. The maximum atomic E-state index is 6.38. The number of fused-ring (bicyclic) bond motifs is 1. The van der Waals surface area contributed by atoms with Gasteiger partial charge in [-0.3, -0.25) is 4.90 Å². The average molecular weight is 283 g/mol. The van der Waals surface area contributed by atoms with Crippen LogP contribution in [0.5, 0.6) is 5.75 Å². The third-order valence-electron chi connectivity index (χ3n) is 3.89. The van der Waals surface area contributed by atoms with Crippen LogP contribution in [0.1, 0.15) is 11.6 Å². The summed E-state index contributed by atoms with van der Waals surface area (Å²) >= 11 is 6.04. The molecular weight excluding hydrogens is 264 g/mol. The van der Waals surface area contributed by atoms with Gasteiger partial charge >= 0.3 is 0 Å². The Kier molecular flexibility index (Phi) is 3.93. The van der Waals surface area contributed by atoms with Crippen LogP contribution in [0.25, 0.3) is 0 Å². The lowest BCUT2D eigenvalue weighted by atomic mass is 9.91. The molecule has 3 rings (SSSR count). The van der Waals surface area contributed by atoms with E-state index in [2.05, 4.69) is 4.90 Å². The maximum absolute atomic E-state index is 6.38. The third kappa shape index (κ3) is 2.87. The zero-order valence-electron chi connectivity index (χ0n) is 10.8. The molecule has 2 aliphatic rings. The number of rotatable bonds is 2. The van der Waals surface area contributed by atoms with E-state index in [1.165, 1.54) is 0 Å². The Morgan fingerprint density at radius 3 is 2.89 bits per heavy atom. The number of morpholine rings is 1. The van der Waals surface area contributed by atoms with Crippen molar-refractivity contribution < 1.29 is 9.47 Å². The molecule has 0 radical (unpaired) electrons. The van der Waals surface area contributed by atoms with Crippen molar-refractivity contribution in [3.05, 3.63) is 28.8 Å². The third-order valence-corrected chi connectivity index (χ3v) is 4.12. The quantitative estimate of drug-likeness (QED) is 0.897. The number of ether oxygens (including phenoxy) is 2. The summed E-state index contributed by atoms with van der Waals surface area (Å²) in [6.07, 6.45) is 0. The second-order valence-electron chi connectivity index (χ2n) is 5.19. The van der Waals surface area contributed by atoms with Gasteiger partial charge in [-0.2, -0.15) is 0 Å². The molecule has 104 valence electrons. The summed E-state index contributed by atoms with van der Waals surface area (Å²) in [6.45, 7) is 5.21. The van der Waals surface area contributed by atoms with Crippen molar-refractivity contribution in [2.45, 2.75) is 6.04 Å². The summed E-state index contributed by atoms with van der Waals surface area (Å²) in [7, 11) is 0. The van der Waals surface area contributed by atoms with Gasteiger partial charge < -0.3 is 15.2 Å². The molecule has 2 unspecified atom stereocenters. The van der Waals surface area contributed by atoms with E-state index in [1.54, 1.807) is 0 Å². The standard InChI is InChI=1S/C14H19ClN2O2/c15-11-1-2-13-12(7-11)14(16)10(9-19-13)8-17-3-5-18-6-4-17/h1-2,7,10,14H,3-6,8-9,16H2. The molecular formula is C14H19ClN2O2. The molecule has 2 atom stereocenters.